The number of carbonyl (C=O) groups excluding carboxylic acids is 2. The molecule has 4 nitrogen and oxygen atoms in total. The van der Waals surface area contributed by atoms with E-state index in [1.807, 2.05) is 0 Å². The molecule has 0 saturated heterocycles. The summed E-state index contributed by atoms with van der Waals surface area (Å²) in [5.74, 6) is -0.116. The molecule has 2 aliphatic rings. The minimum absolute atomic E-state index is 0.0582. The van der Waals surface area contributed by atoms with E-state index in [1.165, 1.54) is 12.2 Å². The lowest BCUT2D eigenvalue weighted by Gasteiger charge is -2.18. The van der Waals surface area contributed by atoms with Gasteiger partial charge in [-0.05, 0) is 51.0 Å². The zero-order valence-electron chi connectivity index (χ0n) is 12.2. The molecule has 0 saturated carbocycles. The van der Waals surface area contributed by atoms with Crippen molar-refractivity contribution in [3.8, 4) is 0 Å². The lowest BCUT2D eigenvalue weighted by Crippen LogP contribution is -2.17. The van der Waals surface area contributed by atoms with Crippen molar-refractivity contribution in [1.82, 2.24) is 0 Å². The second-order valence-electron chi connectivity index (χ2n) is 5.09. The van der Waals surface area contributed by atoms with Gasteiger partial charge in [-0.25, -0.2) is 0 Å². The summed E-state index contributed by atoms with van der Waals surface area (Å²) in [6.45, 7) is 6.89. The molecule has 2 aliphatic carbocycles. The Balaban J connectivity index is 0.000000200. The third kappa shape index (κ3) is 4.11. The lowest BCUT2D eigenvalue weighted by molar-refractivity contribution is -0.115. The Bertz CT molecular complexity index is 497. The first-order valence-corrected chi connectivity index (χ1v) is 6.40. The Kier molecular flexibility index (Phi) is 5.36. The summed E-state index contributed by atoms with van der Waals surface area (Å²) in [6.07, 6.45) is 5.08. The van der Waals surface area contributed by atoms with Crippen LogP contribution >= 0.6 is 0 Å². The Morgan fingerprint density at radius 2 is 1.05 bits per heavy atom. The first kappa shape index (κ1) is 16.3. The van der Waals surface area contributed by atoms with Crippen molar-refractivity contribution in [1.29, 1.82) is 0 Å². The summed E-state index contributed by atoms with van der Waals surface area (Å²) < 4.78 is 0. The predicted molar refractivity (Wildman–Crippen MR) is 77.1 cm³/mol. The number of hydrogen-bond acceptors (Lipinski definition) is 4. The van der Waals surface area contributed by atoms with Gasteiger partial charge in [0.05, 0.1) is 12.2 Å². The van der Waals surface area contributed by atoms with Crippen LogP contribution in [0.5, 0.6) is 0 Å². The predicted octanol–water partition coefficient (Wildman–Crippen LogP) is 1.65. The summed E-state index contributed by atoms with van der Waals surface area (Å²) in [7, 11) is 0. The van der Waals surface area contributed by atoms with E-state index < -0.39 is 12.2 Å². The van der Waals surface area contributed by atoms with Gasteiger partial charge in [0.1, 0.15) is 0 Å². The minimum atomic E-state index is -0.497. The molecule has 20 heavy (non-hydrogen) atoms. The topological polar surface area (TPSA) is 74.6 Å². The van der Waals surface area contributed by atoms with Crippen molar-refractivity contribution in [3.05, 3.63) is 46.6 Å². The molecule has 0 heterocycles. The molecular weight excluding hydrogens is 256 g/mol. The standard InChI is InChI=1S/C8H12O2.C8H8O2/c2*1-5-3-8(10)6(2)4-7(5)9/h3-4,7-10H,1-2H3;3-4H,1-2H3. The van der Waals surface area contributed by atoms with E-state index >= 15 is 0 Å². The number of allylic oxidation sites excluding steroid dienone is 4. The van der Waals surface area contributed by atoms with Gasteiger partial charge >= 0.3 is 0 Å². The Morgan fingerprint density at radius 1 is 0.750 bits per heavy atom. The normalized spacial score (nSPS) is 25.9. The molecule has 4 heteroatoms. The molecule has 0 radical (unpaired) electrons. The van der Waals surface area contributed by atoms with Crippen LogP contribution in [0.2, 0.25) is 0 Å². The molecule has 0 aromatic carbocycles. The molecule has 0 spiro atoms. The molecule has 0 fully saturated rings. The molecule has 2 unspecified atom stereocenters. The monoisotopic (exact) mass is 276 g/mol. The SMILES string of the molecule is CC1=CC(=O)C(C)=CC1=O.CC1=CC(O)C(C)=CC1O. The van der Waals surface area contributed by atoms with Crippen LogP contribution in [0.4, 0.5) is 0 Å². The molecule has 0 aromatic rings. The van der Waals surface area contributed by atoms with Crippen LogP contribution < -0.4 is 0 Å². The maximum Gasteiger partial charge on any atom is 0.182 e. The van der Waals surface area contributed by atoms with E-state index in [0.717, 1.165) is 11.1 Å². The smallest absolute Gasteiger partial charge is 0.182 e. The van der Waals surface area contributed by atoms with E-state index in [-0.39, 0.29) is 11.6 Å². The molecule has 2 N–H and O–H groups in total. The number of carbonyl (C=O) groups is 2. The van der Waals surface area contributed by atoms with Gasteiger partial charge in [0.25, 0.3) is 0 Å². The minimum Gasteiger partial charge on any atom is -0.385 e. The molecule has 2 atom stereocenters. The maximum atomic E-state index is 10.9. The number of aliphatic hydroxyl groups excluding tert-OH is 2. The molecule has 0 bridgehead atoms. The maximum absolute atomic E-state index is 10.9. The van der Waals surface area contributed by atoms with E-state index in [9.17, 15) is 19.8 Å². The molecule has 0 aliphatic heterocycles. The van der Waals surface area contributed by atoms with E-state index in [2.05, 4.69) is 0 Å². The Labute approximate surface area is 118 Å². The van der Waals surface area contributed by atoms with Crippen LogP contribution in [0.3, 0.4) is 0 Å². The molecule has 0 aromatic heterocycles. The zero-order valence-corrected chi connectivity index (χ0v) is 12.2. The Hall–Kier alpha value is -1.78. The zero-order chi connectivity index (χ0) is 15.4. The average Bonchev–Trinajstić information content (AvgIpc) is 2.35. The second kappa shape index (κ2) is 6.59. The first-order valence-electron chi connectivity index (χ1n) is 6.40. The molecular formula is C16H20O4. The largest absolute Gasteiger partial charge is 0.385 e. The van der Waals surface area contributed by atoms with Crippen LogP contribution in [0.15, 0.2) is 46.6 Å². The van der Waals surface area contributed by atoms with Gasteiger partial charge in [-0.3, -0.25) is 9.59 Å². The highest BCUT2D eigenvalue weighted by molar-refractivity contribution is 6.19. The summed E-state index contributed by atoms with van der Waals surface area (Å²) >= 11 is 0. The number of ketones is 2. The van der Waals surface area contributed by atoms with E-state index in [1.54, 1.807) is 39.8 Å². The highest BCUT2D eigenvalue weighted by Crippen LogP contribution is 2.17. The number of hydrogen-bond donors (Lipinski definition) is 2. The van der Waals surface area contributed by atoms with Crippen LogP contribution in [0, 0.1) is 0 Å². The Morgan fingerprint density at radius 3 is 1.35 bits per heavy atom. The van der Waals surface area contributed by atoms with Crippen LogP contribution in [-0.4, -0.2) is 34.0 Å². The second-order valence-corrected chi connectivity index (χ2v) is 5.09. The van der Waals surface area contributed by atoms with Crippen molar-refractivity contribution in [2.24, 2.45) is 0 Å². The third-order valence-corrected chi connectivity index (χ3v) is 3.25. The fourth-order valence-corrected chi connectivity index (χ4v) is 1.72. The lowest BCUT2D eigenvalue weighted by atomic mass is 9.97. The summed E-state index contributed by atoms with van der Waals surface area (Å²) in [5.41, 5.74) is 2.68. The van der Waals surface area contributed by atoms with Gasteiger partial charge in [0, 0.05) is 11.1 Å². The van der Waals surface area contributed by atoms with E-state index in [4.69, 9.17) is 0 Å². The summed E-state index contributed by atoms with van der Waals surface area (Å²) in [5, 5.41) is 18.4. The van der Waals surface area contributed by atoms with Crippen molar-refractivity contribution in [3.63, 3.8) is 0 Å². The third-order valence-electron chi connectivity index (χ3n) is 3.25. The van der Waals surface area contributed by atoms with Gasteiger partial charge in [0.2, 0.25) is 0 Å². The quantitative estimate of drug-likeness (QED) is 0.521. The number of rotatable bonds is 0. The van der Waals surface area contributed by atoms with E-state index in [0.29, 0.717) is 11.1 Å². The summed E-state index contributed by atoms with van der Waals surface area (Å²) in [4.78, 5) is 21.7. The van der Waals surface area contributed by atoms with Gasteiger partial charge in [-0.15, -0.1) is 0 Å². The fraction of sp³-hybridized carbons (Fsp3) is 0.375. The fourth-order valence-electron chi connectivity index (χ4n) is 1.72. The van der Waals surface area contributed by atoms with Crippen molar-refractivity contribution in [2.45, 2.75) is 39.9 Å². The van der Waals surface area contributed by atoms with Crippen molar-refractivity contribution < 1.29 is 19.8 Å². The first-order chi connectivity index (χ1) is 9.22. The average molecular weight is 276 g/mol. The molecule has 108 valence electrons. The van der Waals surface area contributed by atoms with Crippen LogP contribution in [0.1, 0.15) is 27.7 Å². The molecule has 2 rings (SSSR count). The van der Waals surface area contributed by atoms with Crippen molar-refractivity contribution in [2.75, 3.05) is 0 Å². The number of aliphatic hydroxyl groups is 2. The summed E-state index contributed by atoms with van der Waals surface area (Å²) in [6, 6.07) is 0. The van der Waals surface area contributed by atoms with Gasteiger partial charge in [0.15, 0.2) is 11.6 Å². The molecule has 0 amide bonds. The highest BCUT2D eigenvalue weighted by Gasteiger charge is 2.14. The van der Waals surface area contributed by atoms with Crippen molar-refractivity contribution >= 4 is 11.6 Å². The van der Waals surface area contributed by atoms with Crippen LogP contribution in [-0.2, 0) is 9.59 Å². The van der Waals surface area contributed by atoms with Crippen LogP contribution in [0.25, 0.3) is 0 Å². The van der Waals surface area contributed by atoms with Gasteiger partial charge < -0.3 is 10.2 Å². The van der Waals surface area contributed by atoms with Gasteiger partial charge in [-0.2, -0.15) is 0 Å². The van der Waals surface area contributed by atoms with Gasteiger partial charge in [-0.1, -0.05) is 12.2 Å². The highest BCUT2D eigenvalue weighted by atomic mass is 16.3.